The lowest BCUT2D eigenvalue weighted by atomic mass is 9.95. The van der Waals surface area contributed by atoms with E-state index in [0.717, 1.165) is 34.7 Å². The topological polar surface area (TPSA) is 95.4 Å². The highest BCUT2D eigenvalue weighted by atomic mass is 35.5. The Morgan fingerprint density at radius 1 is 1.07 bits per heavy atom. The summed E-state index contributed by atoms with van der Waals surface area (Å²) in [5.41, 5.74) is 12.0. The smallest absolute Gasteiger partial charge is 0.180 e. The second-order valence-corrected chi connectivity index (χ2v) is 7.94. The third-order valence-electron chi connectivity index (χ3n) is 5.78. The molecule has 0 spiro atoms. The SMILES string of the molecule is Cc1nc2nc(N)cc(-c3cc4cc(CNC5CCCCC5)ccc4[nH]3)c2[nH]1.Cl. The van der Waals surface area contributed by atoms with E-state index >= 15 is 0 Å². The normalized spacial score (nSPS) is 15.1. The van der Waals surface area contributed by atoms with E-state index in [4.69, 9.17) is 5.73 Å². The third-order valence-corrected chi connectivity index (χ3v) is 5.78. The molecule has 1 aliphatic rings. The fourth-order valence-corrected chi connectivity index (χ4v) is 4.34. The largest absolute Gasteiger partial charge is 0.384 e. The number of H-pyrrole nitrogens is 2. The molecular weight excluding hydrogens is 384 g/mol. The van der Waals surface area contributed by atoms with Crippen LogP contribution in [-0.4, -0.2) is 26.0 Å². The Balaban J connectivity index is 0.00000205. The molecule has 152 valence electrons. The molecule has 5 N–H and O–H groups in total. The molecule has 3 heterocycles. The van der Waals surface area contributed by atoms with Crippen molar-refractivity contribution in [1.29, 1.82) is 0 Å². The molecule has 1 saturated carbocycles. The van der Waals surface area contributed by atoms with Crippen molar-refractivity contribution in [2.45, 2.75) is 51.6 Å². The third kappa shape index (κ3) is 3.95. The molecule has 0 amide bonds. The maximum Gasteiger partial charge on any atom is 0.180 e. The Hall–Kier alpha value is -2.57. The van der Waals surface area contributed by atoms with Gasteiger partial charge < -0.3 is 21.0 Å². The first-order valence-electron chi connectivity index (χ1n) is 10.1. The second-order valence-electron chi connectivity index (χ2n) is 7.94. The highest BCUT2D eigenvalue weighted by Gasteiger charge is 2.14. The van der Waals surface area contributed by atoms with Crippen LogP contribution >= 0.6 is 12.4 Å². The lowest BCUT2D eigenvalue weighted by molar-refractivity contribution is 0.372. The molecule has 0 radical (unpaired) electrons. The number of hydrogen-bond donors (Lipinski definition) is 4. The molecule has 7 heteroatoms. The van der Waals surface area contributed by atoms with Gasteiger partial charge in [0.25, 0.3) is 0 Å². The minimum Gasteiger partial charge on any atom is -0.384 e. The molecule has 0 aliphatic heterocycles. The number of fused-ring (bicyclic) bond motifs is 2. The van der Waals surface area contributed by atoms with Crippen LogP contribution in [0.25, 0.3) is 33.3 Å². The van der Waals surface area contributed by atoms with Gasteiger partial charge >= 0.3 is 0 Å². The summed E-state index contributed by atoms with van der Waals surface area (Å²) in [7, 11) is 0. The van der Waals surface area contributed by atoms with Crippen LogP contribution in [0.2, 0.25) is 0 Å². The van der Waals surface area contributed by atoms with E-state index < -0.39 is 0 Å². The molecule has 0 bridgehead atoms. The molecule has 6 nitrogen and oxygen atoms in total. The Labute approximate surface area is 176 Å². The first-order valence-corrected chi connectivity index (χ1v) is 10.1. The summed E-state index contributed by atoms with van der Waals surface area (Å²) in [6, 6.07) is 11.4. The average molecular weight is 411 g/mol. The summed E-state index contributed by atoms with van der Waals surface area (Å²) < 4.78 is 0. The van der Waals surface area contributed by atoms with Crippen LogP contribution in [0.15, 0.2) is 30.3 Å². The number of nitrogen functional groups attached to an aromatic ring is 1. The molecule has 1 fully saturated rings. The van der Waals surface area contributed by atoms with Crippen molar-refractivity contribution in [3.05, 3.63) is 41.7 Å². The lowest BCUT2D eigenvalue weighted by Gasteiger charge is -2.22. The van der Waals surface area contributed by atoms with Gasteiger partial charge in [0, 0.05) is 34.7 Å². The Bertz CT molecular complexity index is 1140. The van der Waals surface area contributed by atoms with E-state index in [9.17, 15) is 0 Å². The van der Waals surface area contributed by atoms with Gasteiger partial charge in [-0.15, -0.1) is 12.4 Å². The first-order chi connectivity index (χ1) is 13.7. The van der Waals surface area contributed by atoms with E-state index in [0.29, 0.717) is 17.5 Å². The summed E-state index contributed by atoms with van der Waals surface area (Å²) in [4.78, 5) is 15.6. The van der Waals surface area contributed by atoms with Gasteiger partial charge in [-0.3, -0.25) is 0 Å². The van der Waals surface area contributed by atoms with Crippen LogP contribution in [-0.2, 0) is 6.54 Å². The highest BCUT2D eigenvalue weighted by molar-refractivity contribution is 5.95. The number of pyridine rings is 1. The zero-order chi connectivity index (χ0) is 19.1. The number of anilines is 1. The number of aromatic nitrogens is 4. The van der Waals surface area contributed by atoms with Gasteiger partial charge in [0.15, 0.2) is 5.65 Å². The van der Waals surface area contributed by atoms with Crippen LogP contribution in [0.5, 0.6) is 0 Å². The number of aromatic amines is 2. The van der Waals surface area contributed by atoms with Crippen molar-refractivity contribution >= 4 is 40.3 Å². The highest BCUT2D eigenvalue weighted by Crippen LogP contribution is 2.30. The molecule has 1 aromatic carbocycles. The van der Waals surface area contributed by atoms with Gasteiger partial charge in [0.2, 0.25) is 0 Å². The van der Waals surface area contributed by atoms with Crippen molar-refractivity contribution in [1.82, 2.24) is 25.3 Å². The summed E-state index contributed by atoms with van der Waals surface area (Å²) in [5, 5.41) is 4.93. The fraction of sp³-hybridized carbons (Fsp3) is 0.364. The number of hydrogen-bond acceptors (Lipinski definition) is 4. The van der Waals surface area contributed by atoms with E-state index in [1.165, 1.54) is 43.1 Å². The van der Waals surface area contributed by atoms with Gasteiger partial charge in [0.05, 0.1) is 5.52 Å². The predicted molar refractivity (Wildman–Crippen MR) is 121 cm³/mol. The maximum atomic E-state index is 6.01. The van der Waals surface area contributed by atoms with Crippen molar-refractivity contribution in [2.75, 3.05) is 5.73 Å². The van der Waals surface area contributed by atoms with E-state index in [-0.39, 0.29) is 12.4 Å². The molecule has 1 aliphatic carbocycles. The van der Waals surface area contributed by atoms with Gasteiger partial charge in [-0.1, -0.05) is 25.3 Å². The van der Waals surface area contributed by atoms with Crippen molar-refractivity contribution in [3.8, 4) is 11.3 Å². The summed E-state index contributed by atoms with van der Waals surface area (Å²) in [6.45, 7) is 2.85. The van der Waals surface area contributed by atoms with Crippen LogP contribution in [0.4, 0.5) is 5.82 Å². The maximum absolute atomic E-state index is 6.01. The van der Waals surface area contributed by atoms with Crippen molar-refractivity contribution < 1.29 is 0 Å². The van der Waals surface area contributed by atoms with E-state index in [2.05, 4.69) is 49.5 Å². The molecule has 0 atom stereocenters. The summed E-state index contributed by atoms with van der Waals surface area (Å²) in [6.07, 6.45) is 6.71. The number of nitrogens with one attached hydrogen (secondary N) is 3. The molecule has 0 saturated heterocycles. The summed E-state index contributed by atoms with van der Waals surface area (Å²) >= 11 is 0. The molecule has 3 aromatic heterocycles. The van der Waals surface area contributed by atoms with Crippen LogP contribution in [0.1, 0.15) is 43.5 Å². The zero-order valence-electron chi connectivity index (χ0n) is 16.6. The molecule has 0 unspecified atom stereocenters. The quantitative estimate of drug-likeness (QED) is 0.387. The van der Waals surface area contributed by atoms with Crippen molar-refractivity contribution in [2.24, 2.45) is 0 Å². The Kier molecular flexibility index (Phi) is 5.48. The average Bonchev–Trinajstić information content (AvgIpc) is 3.28. The number of halogens is 1. The van der Waals surface area contributed by atoms with Crippen molar-refractivity contribution in [3.63, 3.8) is 0 Å². The Morgan fingerprint density at radius 2 is 1.90 bits per heavy atom. The van der Waals surface area contributed by atoms with Crippen LogP contribution in [0.3, 0.4) is 0 Å². The zero-order valence-corrected chi connectivity index (χ0v) is 17.4. The van der Waals surface area contributed by atoms with Crippen LogP contribution < -0.4 is 11.1 Å². The van der Waals surface area contributed by atoms with Gasteiger partial charge in [-0.05, 0) is 49.6 Å². The number of nitrogens with zero attached hydrogens (tertiary/aromatic N) is 2. The molecule has 5 rings (SSSR count). The molecule has 29 heavy (non-hydrogen) atoms. The van der Waals surface area contributed by atoms with Gasteiger partial charge in [0.1, 0.15) is 11.6 Å². The monoisotopic (exact) mass is 410 g/mol. The second kappa shape index (κ2) is 8.05. The fourth-order valence-electron chi connectivity index (χ4n) is 4.34. The first kappa shape index (κ1) is 19.7. The number of rotatable bonds is 4. The Morgan fingerprint density at radius 3 is 2.72 bits per heavy atom. The number of aryl methyl sites for hydroxylation is 1. The minimum absolute atomic E-state index is 0. The molecule has 4 aromatic rings. The lowest BCUT2D eigenvalue weighted by Crippen LogP contribution is -2.30. The summed E-state index contributed by atoms with van der Waals surface area (Å²) in [5.74, 6) is 1.31. The minimum atomic E-state index is 0. The number of benzene rings is 1. The number of nitrogens with two attached hydrogens (primary N) is 1. The predicted octanol–water partition coefficient (Wildman–Crippen LogP) is 4.84. The van der Waals surface area contributed by atoms with Gasteiger partial charge in [-0.25, -0.2) is 9.97 Å². The van der Waals surface area contributed by atoms with E-state index in [1.54, 1.807) is 0 Å². The van der Waals surface area contributed by atoms with Gasteiger partial charge in [-0.2, -0.15) is 0 Å². The van der Waals surface area contributed by atoms with Crippen LogP contribution in [0, 0.1) is 6.92 Å². The standard InChI is InChI=1S/C22H26N6.ClH/c1-13-25-21-17(11-20(23)28-22(21)26-13)19-10-15-9-14(7-8-18(15)27-19)12-24-16-5-3-2-4-6-16;/h7-11,16,24,27H,2-6,12H2,1H3,(H3,23,25,26,28);1H. The molecular formula is C22H27ClN6. The number of imidazole rings is 1. The van der Waals surface area contributed by atoms with E-state index in [1.807, 2.05) is 13.0 Å².